The first-order valence-corrected chi connectivity index (χ1v) is 6.42. The highest BCUT2D eigenvalue weighted by atomic mass is 32.1. The van der Waals surface area contributed by atoms with Gasteiger partial charge in [0.15, 0.2) is 0 Å². The van der Waals surface area contributed by atoms with E-state index in [-0.39, 0.29) is 5.91 Å². The number of aromatic nitrogens is 1. The monoisotopic (exact) mass is 270 g/mol. The van der Waals surface area contributed by atoms with Crippen LogP contribution in [0, 0.1) is 19.3 Å². The van der Waals surface area contributed by atoms with E-state index < -0.39 is 17.4 Å². The molecular weight excluding hydrogens is 252 g/mol. The SMILES string of the molecule is Cc1nc(C)c(C(=O)N[C@@H](C(=O)O)C(C)(C)C)s1. The van der Waals surface area contributed by atoms with Crippen molar-refractivity contribution in [2.45, 2.75) is 40.7 Å². The lowest BCUT2D eigenvalue weighted by Crippen LogP contribution is -2.49. The zero-order chi connectivity index (χ0) is 14.1. The molecule has 0 aliphatic heterocycles. The molecule has 0 unspecified atom stereocenters. The Morgan fingerprint density at radius 1 is 1.33 bits per heavy atom. The molecule has 1 amide bonds. The van der Waals surface area contributed by atoms with Gasteiger partial charge in [0.2, 0.25) is 0 Å². The van der Waals surface area contributed by atoms with Crippen LogP contribution in [-0.2, 0) is 4.79 Å². The van der Waals surface area contributed by atoms with Crippen LogP contribution in [0.1, 0.15) is 41.1 Å². The summed E-state index contributed by atoms with van der Waals surface area (Å²) < 4.78 is 0. The van der Waals surface area contributed by atoms with Gasteiger partial charge in [-0.05, 0) is 19.3 Å². The Hall–Kier alpha value is -1.43. The third-order valence-corrected chi connectivity index (χ3v) is 3.57. The second kappa shape index (κ2) is 5.06. The van der Waals surface area contributed by atoms with Crippen molar-refractivity contribution >= 4 is 23.2 Å². The van der Waals surface area contributed by atoms with E-state index in [1.165, 1.54) is 11.3 Å². The Labute approximate surface area is 110 Å². The minimum atomic E-state index is -1.03. The average molecular weight is 270 g/mol. The molecule has 0 bridgehead atoms. The van der Waals surface area contributed by atoms with Gasteiger partial charge < -0.3 is 10.4 Å². The van der Waals surface area contributed by atoms with Crippen LogP contribution in [0.25, 0.3) is 0 Å². The largest absolute Gasteiger partial charge is 0.480 e. The Balaban J connectivity index is 2.93. The molecule has 0 saturated carbocycles. The van der Waals surface area contributed by atoms with Crippen LogP contribution in [-0.4, -0.2) is 28.0 Å². The molecule has 1 atom stereocenters. The molecule has 1 aromatic heterocycles. The van der Waals surface area contributed by atoms with Crippen molar-refractivity contribution in [1.82, 2.24) is 10.3 Å². The van der Waals surface area contributed by atoms with E-state index in [1.807, 2.05) is 6.92 Å². The van der Waals surface area contributed by atoms with Gasteiger partial charge in [-0.25, -0.2) is 9.78 Å². The predicted octanol–water partition coefficient (Wildman–Crippen LogP) is 1.99. The van der Waals surface area contributed by atoms with Crippen LogP contribution in [0.2, 0.25) is 0 Å². The number of carboxylic acids is 1. The number of nitrogens with one attached hydrogen (secondary N) is 1. The molecule has 1 heterocycles. The molecule has 0 fully saturated rings. The van der Waals surface area contributed by atoms with Gasteiger partial charge in [-0.1, -0.05) is 20.8 Å². The second-order valence-corrected chi connectivity index (χ2v) is 6.46. The number of aliphatic carboxylic acids is 1. The lowest BCUT2D eigenvalue weighted by Gasteiger charge is -2.27. The summed E-state index contributed by atoms with van der Waals surface area (Å²) in [5.74, 6) is -1.41. The summed E-state index contributed by atoms with van der Waals surface area (Å²) in [6.45, 7) is 8.88. The quantitative estimate of drug-likeness (QED) is 0.880. The summed E-state index contributed by atoms with van der Waals surface area (Å²) in [5, 5.41) is 12.5. The maximum Gasteiger partial charge on any atom is 0.326 e. The highest BCUT2D eigenvalue weighted by molar-refractivity contribution is 7.13. The third kappa shape index (κ3) is 3.29. The zero-order valence-electron chi connectivity index (χ0n) is 11.2. The van der Waals surface area contributed by atoms with Gasteiger partial charge in [0.1, 0.15) is 10.9 Å². The summed E-state index contributed by atoms with van der Waals surface area (Å²) in [6, 6.07) is -0.924. The van der Waals surface area contributed by atoms with Gasteiger partial charge in [0.25, 0.3) is 5.91 Å². The fourth-order valence-corrected chi connectivity index (χ4v) is 2.41. The van der Waals surface area contributed by atoms with Gasteiger partial charge in [-0.15, -0.1) is 11.3 Å². The number of rotatable bonds is 3. The summed E-state index contributed by atoms with van der Waals surface area (Å²) in [5.41, 5.74) is 0.0860. The first kappa shape index (κ1) is 14.6. The molecule has 18 heavy (non-hydrogen) atoms. The van der Waals surface area contributed by atoms with Crippen LogP contribution >= 0.6 is 11.3 Å². The highest BCUT2D eigenvalue weighted by Gasteiger charge is 2.33. The first-order chi connectivity index (χ1) is 8.12. The maximum atomic E-state index is 12.0. The maximum absolute atomic E-state index is 12.0. The van der Waals surface area contributed by atoms with E-state index in [0.717, 1.165) is 5.01 Å². The number of aryl methyl sites for hydroxylation is 2. The van der Waals surface area contributed by atoms with Crippen LogP contribution in [0.5, 0.6) is 0 Å². The molecule has 0 radical (unpaired) electrons. The second-order valence-electron chi connectivity index (χ2n) is 5.26. The van der Waals surface area contributed by atoms with E-state index in [9.17, 15) is 9.59 Å². The Morgan fingerprint density at radius 2 is 1.89 bits per heavy atom. The molecule has 2 N–H and O–H groups in total. The lowest BCUT2D eigenvalue weighted by atomic mass is 9.87. The number of carbonyl (C=O) groups is 2. The van der Waals surface area contributed by atoms with Gasteiger partial charge in [-0.3, -0.25) is 4.79 Å². The van der Waals surface area contributed by atoms with Gasteiger partial charge >= 0.3 is 5.97 Å². The normalized spacial score (nSPS) is 13.2. The molecule has 5 nitrogen and oxygen atoms in total. The van der Waals surface area contributed by atoms with Crippen molar-refractivity contribution in [1.29, 1.82) is 0 Å². The van der Waals surface area contributed by atoms with Crippen LogP contribution in [0.15, 0.2) is 0 Å². The van der Waals surface area contributed by atoms with Gasteiger partial charge in [-0.2, -0.15) is 0 Å². The number of nitrogens with zero attached hydrogens (tertiary/aromatic N) is 1. The van der Waals surface area contributed by atoms with E-state index in [2.05, 4.69) is 10.3 Å². The van der Waals surface area contributed by atoms with Crippen molar-refractivity contribution in [2.75, 3.05) is 0 Å². The number of carbonyl (C=O) groups excluding carboxylic acids is 1. The summed E-state index contributed by atoms with van der Waals surface area (Å²) in [7, 11) is 0. The topological polar surface area (TPSA) is 79.3 Å². The summed E-state index contributed by atoms with van der Waals surface area (Å²) in [4.78, 5) is 27.8. The fourth-order valence-electron chi connectivity index (χ4n) is 1.59. The minimum Gasteiger partial charge on any atom is -0.480 e. The molecule has 0 aliphatic rings. The van der Waals surface area contributed by atoms with E-state index in [4.69, 9.17) is 5.11 Å². The Kier molecular flexibility index (Phi) is 4.11. The number of thiazole rings is 1. The standard InChI is InChI=1S/C12H18N2O3S/c1-6-8(18-7(2)13-6)10(15)14-9(11(16)17)12(3,4)5/h9H,1-5H3,(H,14,15)(H,16,17)/t9-/m0/s1. The van der Waals surface area contributed by atoms with Crippen molar-refractivity contribution in [3.8, 4) is 0 Å². The Morgan fingerprint density at radius 3 is 2.22 bits per heavy atom. The molecular formula is C12H18N2O3S. The minimum absolute atomic E-state index is 0.375. The number of hydrogen-bond acceptors (Lipinski definition) is 4. The fraction of sp³-hybridized carbons (Fsp3) is 0.583. The lowest BCUT2D eigenvalue weighted by molar-refractivity contribution is -0.142. The molecule has 6 heteroatoms. The van der Waals surface area contributed by atoms with Crippen molar-refractivity contribution in [2.24, 2.45) is 5.41 Å². The average Bonchev–Trinajstić information content (AvgIpc) is 2.51. The van der Waals surface area contributed by atoms with E-state index in [1.54, 1.807) is 27.7 Å². The van der Waals surface area contributed by atoms with Crippen molar-refractivity contribution < 1.29 is 14.7 Å². The number of hydrogen-bond donors (Lipinski definition) is 2. The summed E-state index contributed by atoms with van der Waals surface area (Å²) >= 11 is 1.27. The molecule has 1 aromatic rings. The van der Waals surface area contributed by atoms with Crippen molar-refractivity contribution in [3.63, 3.8) is 0 Å². The molecule has 0 aliphatic carbocycles. The van der Waals surface area contributed by atoms with Gasteiger partial charge in [0, 0.05) is 0 Å². The van der Waals surface area contributed by atoms with E-state index in [0.29, 0.717) is 10.6 Å². The van der Waals surface area contributed by atoms with Crippen LogP contribution in [0.3, 0.4) is 0 Å². The molecule has 0 spiro atoms. The molecule has 0 aromatic carbocycles. The van der Waals surface area contributed by atoms with Gasteiger partial charge in [0.05, 0.1) is 10.7 Å². The number of amides is 1. The predicted molar refractivity (Wildman–Crippen MR) is 69.9 cm³/mol. The third-order valence-electron chi connectivity index (χ3n) is 2.50. The van der Waals surface area contributed by atoms with Crippen LogP contribution < -0.4 is 5.32 Å². The molecule has 0 saturated heterocycles. The van der Waals surface area contributed by atoms with E-state index >= 15 is 0 Å². The highest BCUT2D eigenvalue weighted by Crippen LogP contribution is 2.22. The number of carboxylic acid groups (broad SMARTS) is 1. The van der Waals surface area contributed by atoms with Crippen LogP contribution in [0.4, 0.5) is 0 Å². The van der Waals surface area contributed by atoms with Crippen molar-refractivity contribution in [3.05, 3.63) is 15.6 Å². The molecule has 1 rings (SSSR count). The Bertz CT molecular complexity index is 474. The molecule has 100 valence electrons. The smallest absolute Gasteiger partial charge is 0.326 e. The first-order valence-electron chi connectivity index (χ1n) is 5.60. The zero-order valence-corrected chi connectivity index (χ0v) is 12.0. The summed E-state index contributed by atoms with van der Waals surface area (Å²) in [6.07, 6.45) is 0.